The molecular formula is C21H21ClN4O2S2. The van der Waals surface area contributed by atoms with Crippen molar-refractivity contribution < 1.29 is 8.42 Å². The maximum Gasteiger partial charge on any atom is 0.241 e. The Morgan fingerprint density at radius 1 is 1.10 bits per heavy atom. The van der Waals surface area contributed by atoms with Crippen LogP contribution in [0, 0.1) is 20.8 Å². The van der Waals surface area contributed by atoms with Crippen LogP contribution in [-0.2, 0) is 16.4 Å². The van der Waals surface area contributed by atoms with Gasteiger partial charge < -0.3 is 0 Å². The zero-order chi connectivity index (χ0) is 21.5. The molecule has 6 nitrogen and oxygen atoms in total. The van der Waals surface area contributed by atoms with Crippen LogP contribution in [0.3, 0.4) is 0 Å². The number of hydrogen-bond acceptors (Lipinski definition) is 5. The Labute approximate surface area is 184 Å². The van der Waals surface area contributed by atoms with E-state index in [2.05, 4.69) is 14.8 Å². The van der Waals surface area contributed by atoms with Gasteiger partial charge in [-0.15, -0.1) is 16.4 Å². The van der Waals surface area contributed by atoms with Crippen LogP contribution < -0.4 is 4.72 Å². The largest absolute Gasteiger partial charge is 0.241 e. The van der Waals surface area contributed by atoms with E-state index in [4.69, 9.17) is 11.6 Å². The highest BCUT2D eigenvalue weighted by molar-refractivity contribution is 7.89. The van der Waals surface area contributed by atoms with Gasteiger partial charge in [-0.1, -0.05) is 29.3 Å². The van der Waals surface area contributed by atoms with E-state index in [1.165, 1.54) is 11.3 Å². The first-order chi connectivity index (χ1) is 14.2. The maximum absolute atomic E-state index is 12.8. The first-order valence-electron chi connectivity index (χ1n) is 9.41. The lowest BCUT2D eigenvalue weighted by molar-refractivity contribution is 0.579. The molecule has 0 aliphatic carbocycles. The van der Waals surface area contributed by atoms with Crippen LogP contribution in [0.5, 0.6) is 0 Å². The number of thiazole rings is 1. The van der Waals surface area contributed by atoms with E-state index in [1.807, 2.05) is 50.4 Å². The van der Waals surface area contributed by atoms with Crippen LogP contribution in [0.4, 0.5) is 0 Å². The molecule has 0 aliphatic rings. The molecule has 2 aromatic heterocycles. The number of nitrogens with one attached hydrogen (secondary N) is 1. The number of hydrogen-bond donors (Lipinski definition) is 1. The molecule has 2 aromatic carbocycles. The van der Waals surface area contributed by atoms with Crippen molar-refractivity contribution in [3.63, 3.8) is 0 Å². The van der Waals surface area contributed by atoms with E-state index < -0.39 is 10.0 Å². The van der Waals surface area contributed by atoms with Gasteiger partial charge in [-0.2, -0.15) is 4.98 Å². The number of sulfonamides is 1. The van der Waals surface area contributed by atoms with E-state index in [-0.39, 0.29) is 6.54 Å². The summed E-state index contributed by atoms with van der Waals surface area (Å²) in [5.74, 6) is 0.617. The molecule has 0 saturated carbocycles. The number of nitrogens with zero attached hydrogens (tertiary/aromatic N) is 3. The average Bonchev–Trinajstić information content (AvgIpc) is 3.23. The van der Waals surface area contributed by atoms with E-state index in [0.717, 1.165) is 32.9 Å². The molecule has 0 bridgehead atoms. The van der Waals surface area contributed by atoms with E-state index in [9.17, 15) is 8.42 Å². The van der Waals surface area contributed by atoms with Crippen molar-refractivity contribution >= 4 is 37.9 Å². The summed E-state index contributed by atoms with van der Waals surface area (Å²) >= 11 is 7.43. The quantitative estimate of drug-likeness (QED) is 0.457. The standard InChI is InChI=1S/C21H21ClN4O2S2/c1-13-10-14(2)19(15(3)11-13)30(27,28)23-9-8-18-12-29-21-24-20(25-26(18)21)16-4-6-17(22)7-5-16/h4-7,10-12,23H,8-9H2,1-3H3. The number of aromatic nitrogens is 3. The summed E-state index contributed by atoms with van der Waals surface area (Å²) in [6, 6.07) is 11.1. The Kier molecular flexibility index (Phi) is 5.67. The molecule has 4 rings (SSSR count). The van der Waals surface area contributed by atoms with Gasteiger partial charge in [0.15, 0.2) is 5.82 Å². The van der Waals surface area contributed by atoms with E-state index in [0.29, 0.717) is 22.2 Å². The van der Waals surface area contributed by atoms with Crippen molar-refractivity contribution in [2.75, 3.05) is 6.54 Å². The molecule has 2 heterocycles. The highest BCUT2D eigenvalue weighted by Crippen LogP contribution is 2.23. The van der Waals surface area contributed by atoms with Gasteiger partial charge >= 0.3 is 0 Å². The van der Waals surface area contributed by atoms with Gasteiger partial charge in [0.25, 0.3) is 0 Å². The summed E-state index contributed by atoms with van der Waals surface area (Å²) in [6.07, 6.45) is 0.507. The van der Waals surface area contributed by atoms with Gasteiger partial charge in [0.2, 0.25) is 15.0 Å². The van der Waals surface area contributed by atoms with Gasteiger partial charge in [-0.3, -0.25) is 0 Å². The fourth-order valence-electron chi connectivity index (χ4n) is 3.59. The highest BCUT2D eigenvalue weighted by Gasteiger charge is 2.20. The van der Waals surface area contributed by atoms with E-state index in [1.54, 1.807) is 16.6 Å². The molecule has 30 heavy (non-hydrogen) atoms. The normalized spacial score (nSPS) is 12.0. The fraction of sp³-hybridized carbons (Fsp3) is 0.238. The van der Waals surface area contributed by atoms with Crippen LogP contribution in [-0.4, -0.2) is 29.6 Å². The van der Waals surface area contributed by atoms with Crippen molar-refractivity contribution in [1.82, 2.24) is 19.3 Å². The number of rotatable bonds is 6. The van der Waals surface area contributed by atoms with Gasteiger partial charge in [0, 0.05) is 28.9 Å². The number of benzene rings is 2. The molecule has 0 atom stereocenters. The summed E-state index contributed by atoms with van der Waals surface area (Å²) in [7, 11) is -3.59. The zero-order valence-electron chi connectivity index (χ0n) is 16.8. The molecule has 0 radical (unpaired) electrons. The van der Waals surface area contributed by atoms with Crippen molar-refractivity contribution in [1.29, 1.82) is 0 Å². The molecule has 0 saturated heterocycles. The van der Waals surface area contributed by atoms with Gasteiger partial charge in [0.1, 0.15) is 0 Å². The monoisotopic (exact) mass is 460 g/mol. The minimum absolute atomic E-state index is 0.275. The Morgan fingerprint density at radius 2 is 1.77 bits per heavy atom. The molecule has 1 N–H and O–H groups in total. The Bertz CT molecular complexity index is 1300. The SMILES string of the molecule is Cc1cc(C)c(S(=O)(=O)NCCc2csc3nc(-c4ccc(Cl)cc4)nn23)c(C)c1. The third-order valence-corrected chi connectivity index (χ3v) is 7.68. The Balaban J connectivity index is 1.51. The summed E-state index contributed by atoms with van der Waals surface area (Å²) in [4.78, 5) is 5.68. The summed E-state index contributed by atoms with van der Waals surface area (Å²) in [5.41, 5.74) is 4.34. The van der Waals surface area contributed by atoms with Crippen molar-refractivity contribution in [2.45, 2.75) is 32.1 Å². The highest BCUT2D eigenvalue weighted by atomic mass is 35.5. The molecule has 0 amide bonds. The Hall–Kier alpha value is -2.26. The molecule has 4 aromatic rings. The predicted octanol–water partition coefficient (Wildman–Crippen LogP) is 4.56. The van der Waals surface area contributed by atoms with Gasteiger partial charge in [0.05, 0.1) is 10.6 Å². The van der Waals surface area contributed by atoms with Gasteiger partial charge in [-0.25, -0.2) is 17.7 Å². The minimum atomic E-state index is -3.59. The lowest BCUT2D eigenvalue weighted by Gasteiger charge is -2.13. The average molecular weight is 461 g/mol. The first kappa shape index (κ1) is 21.0. The number of fused-ring (bicyclic) bond motifs is 1. The lowest BCUT2D eigenvalue weighted by Crippen LogP contribution is -2.27. The molecule has 0 aliphatic heterocycles. The lowest BCUT2D eigenvalue weighted by atomic mass is 10.1. The second-order valence-corrected chi connectivity index (χ2v) is 10.2. The molecular weight excluding hydrogens is 440 g/mol. The van der Waals surface area contributed by atoms with Crippen LogP contribution in [0.15, 0.2) is 46.7 Å². The smallest absolute Gasteiger partial charge is 0.211 e. The van der Waals surface area contributed by atoms with Crippen LogP contribution >= 0.6 is 22.9 Å². The molecule has 0 unspecified atom stereocenters. The second kappa shape index (κ2) is 8.11. The third kappa shape index (κ3) is 4.13. The first-order valence-corrected chi connectivity index (χ1v) is 12.2. The topological polar surface area (TPSA) is 76.4 Å². The minimum Gasteiger partial charge on any atom is -0.211 e. The predicted molar refractivity (Wildman–Crippen MR) is 121 cm³/mol. The van der Waals surface area contributed by atoms with Crippen LogP contribution in [0.1, 0.15) is 22.4 Å². The fourth-order valence-corrected chi connectivity index (χ4v) is 6.06. The van der Waals surface area contributed by atoms with Crippen LogP contribution in [0.2, 0.25) is 5.02 Å². The summed E-state index contributed by atoms with van der Waals surface area (Å²) < 4.78 is 30.2. The van der Waals surface area contributed by atoms with Gasteiger partial charge in [-0.05, 0) is 56.2 Å². The Morgan fingerprint density at radius 3 is 2.43 bits per heavy atom. The molecule has 0 spiro atoms. The van der Waals surface area contributed by atoms with Crippen molar-refractivity contribution in [2.24, 2.45) is 0 Å². The maximum atomic E-state index is 12.8. The number of aryl methyl sites for hydroxylation is 3. The van der Waals surface area contributed by atoms with Crippen LogP contribution in [0.25, 0.3) is 16.3 Å². The molecule has 9 heteroatoms. The third-order valence-electron chi connectivity index (χ3n) is 4.80. The van der Waals surface area contributed by atoms with E-state index >= 15 is 0 Å². The number of halogens is 1. The van der Waals surface area contributed by atoms with Crippen molar-refractivity contribution in [3.8, 4) is 11.4 Å². The molecule has 0 fully saturated rings. The molecule has 156 valence electrons. The summed E-state index contributed by atoms with van der Waals surface area (Å²) in [6.45, 7) is 5.88. The zero-order valence-corrected chi connectivity index (χ0v) is 19.2. The van der Waals surface area contributed by atoms with Crippen molar-refractivity contribution in [3.05, 3.63) is 69.2 Å². The summed E-state index contributed by atoms with van der Waals surface area (Å²) in [5, 5.41) is 7.19. The second-order valence-electron chi connectivity index (χ2n) is 7.24.